The van der Waals surface area contributed by atoms with Crippen molar-refractivity contribution in [2.45, 2.75) is 43.5 Å². The van der Waals surface area contributed by atoms with Crippen LogP contribution in [0.4, 0.5) is 0 Å². The van der Waals surface area contributed by atoms with E-state index in [1.807, 2.05) is 13.1 Å². The minimum absolute atomic E-state index is 0.111. The number of likely N-dealkylation sites (tertiary alicyclic amines) is 1. The number of nitrogens with one attached hydrogen (secondary N) is 2. The zero-order chi connectivity index (χ0) is 21.0. The number of imide groups is 2. The first-order valence-corrected chi connectivity index (χ1v) is 10.3. The molecule has 1 aromatic carbocycles. The van der Waals surface area contributed by atoms with Gasteiger partial charge in [-0.15, -0.1) is 0 Å². The van der Waals surface area contributed by atoms with E-state index in [1.165, 1.54) is 0 Å². The van der Waals surface area contributed by atoms with Gasteiger partial charge >= 0.3 is 0 Å². The van der Waals surface area contributed by atoms with Crippen molar-refractivity contribution in [1.29, 1.82) is 0 Å². The predicted octanol–water partition coefficient (Wildman–Crippen LogP) is -0.349. The van der Waals surface area contributed by atoms with Crippen molar-refractivity contribution in [3.05, 3.63) is 34.9 Å². The van der Waals surface area contributed by atoms with E-state index in [1.54, 1.807) is 12.1 Å². The lowest BCUT2D eigenvalue weighted by atomic mass is 9.88. The van der Waals surface area contributed by atoms with Gasteiger partial charge in [0.25, 0.3) is 11.8 Å². The van der Waals surface area contributed by atoms with Crippen LogP contribution in [0.1, 0.15) is 45.5 Å². The highest BCUT2D eigenvalue weighted by Gasteiger charge is 2.50. The summed E-state index contributed by atoms with van der Waals surface area (Å²) < 4.78 is 5.99. The third kappa shape index (κ3) is 2.96. The number of benzene rings is 1. The van der Waals surface area contributed by atoms with Crippen molar-refractivity contribution in [2.24, 2.45) is 0 Å². The molecule has 4 aliphatic rings. The third-order valence-corrected chi connectivity index (χ3v) is 6.59. The van der Waals surface area contributed by atoms with Crippen molar-refractivity contribution >= 4 is 23.6 Å². The Morgan fingerprint density at radius 3 is 2.70 bits per heavy atom. The number of nitrogens with zero attached hydrogens (tertiary/aromatic N) is 2. The van der Waals surface area contributed by atoms with Gasteiger partial charge < -0.3 is 10.1 Å². The number of ether oxygens (including phenoxy) is 1. The second kappa shape index (κ2) is 6.97. The molecule has 1 spiro atoms. The predicted molar refractivity (Wildman–Crippen MR) is 105 cm³/mol. The number of fused-ring (bicyclic) bond motifs is 1. The number of likely N-dealkylation sites (N-methyl/N-ethyl adjacent to an activating group) is 1. The zero-order valence-corrected chi connectivity index (χ0v) is 16.8. The SMILES string of the molecule is CNC1COC2(C1)CN(Cc1cccc3c1C(=O)N(C1CCC(=O)NC1=O)C3=O)C2. The topological polar surface area (TPSA) is 108 Å². The molecule has 0 aliphatic carbocycles. The smallest absolute Gasteiger partial charge is 0.262 e. The van der Waals surface area contributed by atoms with Gasteiger partial charge in [0.05, 0.1) is 23.3 Å². The van der Waals surface area contributed by atoms with Crippen molar-refractivity contribution < 1.29 is 23.9 Å². The molecule has 0 radical (unpaired) electrons. The molecule has 2 N–H and O–H groups in total. The summed E-state index contributed by atoms with van der Waals surface area (Å²) in [6.07, 6.45) is 1.23. The molecule has 158 valence electrons. The van der Waals surface area contributed by atoms with Crippen LogP contribution >= 0.6 is 0 Å². The van der Waals surface area contributed by atoms with Gasteiger partial charge in [-0.3, -0.25) is 34.3 Å². The van der Waals surface area contributed by atoms with Crippen LogP contribution in [0.3, 0.4) is 0 Å². The average molecular weight is 412 g/mol. The molecule has 0 saturated carbocycles. The second-order valence-electron chi connectivity index (χ2n) is 8.62. The van der Waals surface area contributed by atoms with E-state index in [4.69, 9.17) is 4.74 Å². The van der Waals surface area contributed by atoms with Crippen molar-refractivity contribution in [3.63, 3.8) is 0 Å². The van der Waals surface area contributed by atoms with Gasteiger partial charge in [0, 0.05) is 32.1 Å². The highest BCUT2D eigenvalue weighted by molar-refractivity contribution is 6.24. The number of amides is 4. The first kappa shape index (κ1) is 19.3. The number of piperidine rings is 1. The summed E-state index contributed by atoms with van der Waals surface area (Å²) in [6, 6.07) is 4.68. The van der Waals surface area contributed by atoms with Gasteiger partial charge in [-0.25, -0.2) is 0 Å². The standard InChI is InChI=1S/C21H24N4O5/c1-22-13-7-21(30-9-13)10-24(11-21)8-12-3-2-4-14-17(12)20(29)25(19(14)28)15-5-6-16(26)23-18(15)27/h2-4,13,15,22H,5-11H2,1H3,(H,23,26,27). The molecule has 9 heteroatoms. The Morgan fingerprint density at radius 2 is 2.00 bits per heavy atom. The maximum Gasteiger partial charge on any atom is 0.262 e. The van der Waals surface area contributed by atoms with E-state index in [2.05, 4.69) is 15.5 Å². The summed E-state index contributed by atoms with van der Waals surface area (Å²) in [4.78, 5) is 53.0. The Kier molecular flexibility index (Phi) is 4.49. The lowest BCUT2D eigenvalue weighted by Crippen LogP contribution is -2.61. The van der Waals surface area contributed by atoms with Gasteiger partial charge in [0.2, 0.25) is 11.8 Å². The number of rotatable bonds is 4. The third-order valence-electron chi connectivity index (χ3n) is 6.59. The van der Waals surface area contributed by atoms with E-state index in [-0.39, 0.29) is 24.3 Å². The summed E-state index contributed by atoms with van der Waals surface area (Å²) in [5.74, 6) is -1.90. The highest BCUT2D eigenvalue weighted by atomic mass is 16.5. The largest absolute Gasteiger partial charge is 0.371 e. The van der Waals surface area contributed by atoms with Gasteiger partial charge in [-0.05, 0) is 31.5 Å². The molecular weight excluding hydrogens is 388 g/mol. The van der Waals surface area contributed by atoms with Crippen LogP contribution in [-0.4, -0.2) is 77.9 Å². The Bertz CT molecular complexity index is 955. The van der Waals surface area contributed by atoms with Gasteiger partial charge in [0.1, 0.15) is 6.04 Å². The molecule has 0 aromatic heterocycles. The molecule has 4 aliphatic heterocycles. The van der Waals surface area contributed by atoms with Crippen LogP contribution < -0.4 is 10.6 Å². The van der Waals surface area contributed by atoms with Gasteiger partial charge in [-0.2, -0.15) is 0 Å². The van der Waals surface area contributed by atoms with Crippen LogP contribution in [0.25, 0.3) is 0 Å². The Morgan fingerprint density at radius 1 is 1.20 bits per heavy atom. The van der Waals surface area contributed by atoms with Gasteiger partial charge in [-0.1, -0.05) is 12.1 Å². The first-order valence-electron chi connectivity index (χ1n) is 10.3. The average Bonchev–Trinajstić information content (AvgIpc) is 3.23. The fourth-order valence-electron chi connectivity index (χ4n) is 5.09. The van der Waals surface area contributed by atoms with E-state index < -0.39 is 23.8 Å². The molecule has 4 amide bonds. The van der Waals surface area contributed by atoms with E-state index in [0.717, 1.165) is 30.0 Å². The lowest BCUT2D eigenvalue weighted by Gasteiger charge is -2.47. The normalized spacial score (nSPS) is 28.1. The molecule has 3 fully saturated rings. The first-order chi connectivity index (χ1) is 14.4. The summed E-state index contributed by atoms with van der Waals surface area (Å²) in [5.41, 5.74) is 1.35. The Labute approximate surface area is 173 Å². The molecule has 9 nitrogen and oxygen atoms in total. The van der Waals surface area contributed by atoms with Gasteiger partial charge in [0.15, 0.2) is 0 Å². The van der Waals surface area contributed by atoms with E-state index >= 15 is 0 Å². The van der Waals surface area contributed by atoms with E-state index in [9.17, 15) is 19.2 Å². The minimum Gasteiger partial charge on any atom is -0.371 e. The van der Waals surface area contributed by atoms with Crippen LogP contribution in [0, 0.1) is 0 Å². The van der Waals surface area contributed by atoms with Crippen LogP contribution in [-0.2, 0) is 20.9 Å². The molecule has 2 unspecified atom stereocenters. The fraction of sp³-hybridized carbons (Fsp3) is 0.524. The number of carbonyl (C=O) groups is 4. The van der Waals surface area contributed by atoms with E-state index in [0.29, 0.717) is 30.3 Å². The number of hydrogen-bond donors (Lipinski definition) is 2. The Balaban J connectivity index is 1.33. The molecule has 4 heterocycles. The highest BCUT2D eigenvalue weighted by Crippen LogP contribution is 2.37. The molecule has 30 heavy (non-hydrogen) atoms. The van der Waals surface area contributed by atoms with Crippen molar-refractivity contribution in [2.75, 3.05) is 26.7 Å². The maximum atomic E-state index is 13.2. The molecule has 3 saturated heterocycles. The van der Waals surface area contributed by atoms with Crippen LogP contribution in [0.15, 0.2) is 18.2 Å². The summed E-state index contributed by atoms with van der Waals surface area (Å²) in [5, 5.41) is 5.48. The maximum absolute atomic E-state index is 13.2. The molecule has 1 aromatic rings. The second-order valence-corrected chi connectivity index (χ2v) is 8.62. The summed E-state index contributed by atoms with van der Waals surface area (Å²) in [6.45, 7) is 2.82. The molecule has 0 bridgehead atoms. The Hall–Kier alpha value is -2.62. The number of carbonyl (C=O) groups excluding carboxylic acids is 4. The van der Waals surface area contributed by atoms with Crippen molar-refractivity contribution in [3.8, 4) is 0 Å². The number of hydrogen-bond acceptors (Lipinski definition) is 7. The quantitative estimate of drug-likeness (QED) is 0.651. The molecule has 5 rings (SSSR count). The summed E-state index contributed by atoms with van der Waals surface area (Å²) >= 11 is 0. The lowest BCUT2D eigenvalue weighted by molar-refractivity contribution is -0.136. The minimum atomic E-state index is -0.944. The van der Waals surface area contributed by atoms with Crippen molar-refractivity contribution in [1.82, 2.24) is 20.4 Å². The fourth-order valence-corrected chi connectivity index (χ4v) is 5.09. The van der Waals surface area contributed by atoms with Crippen LogP contribution in [0.2, 0.25) is 0 Å². The molecule has 2 atom stereocenters. The van der Waals surface area contributed by atoms with Crippen LogP contribution in [0.5, 0.6) is 0 Å². The monoisotopic (exact) mass is 412 g/mol. The zero-order valence-electron chi connectivity index (χ0n) is 16.8. The molecular formula is C21H24N4O5. The summed E-state index contributed by atoms with van der Waals surface area (Å²) in [7, 11) is 1.94.